The molecule has 0 unspecified atom stereocenters. The average molecular weight is 283 g/mol. The maximum absolute atomic E-state index is 12.3. The van der Waals surface area contributed by atoms with Crippen LogP contribution in [0.3, 0.4) is 0 Å². The number of aryl methyl sites for hydroxylation is 1. The van der Waals surface area contributed by atoms with Crippen LogP contribution >= 0.6 is 11.6 Å². The summed E-state index contributed by atoms with van der Waals surface area (Å²) in [7, 11) is 0. The number of pyridine rings is 1. The Labute approximate surface area is 118 Å². The Morgan fingerprint density at radius 3 is 2.79 bits per heavy atom. The second kappa shape index (κ2) is 5.88. The molecule has 1 aliphatic carbocycles. The van der Waals surface area contributed by atoms with Crippen LogP contribution in [0.2, 0.25) is 5.02 Å². The van der Waals surface area contributed by atoms with Gasteiger partial charge in [-0.05, 0) is 25.8 Å². The lowest BCUT2D eigenvalue weighted by atomic mass is 9.82. The van der Waals surface area contributed by atoms with E-state index in [0.717, 1.165) is 32.1 Å². The largest absolute Gasteiger partial charge is 0.394 e. The minimum absolute atomic E-state index is 0.0220. The number of carbonyl (C=O) groups excluding carboxylic acids is 1. The Morgan fingerprint density at radius 1 is 1.47 bits per heavy atom. The second-order valence-electron chi connectivity index (χ2n) is 5.24. The van der Waals surface area contributed by atoms with Crippen LogP contribution in [0, 0.1) is 6.92 Å². The van der Waals surface area contributed by atoms with Crippen molar-refractivity contribution < 1.29 is 9.90 Å². The van der Waals surface area contributed by atoms with Crippen molar-refractivity contribution in [2.45, 2.75) is 44.6 Å². The van der Waals surface area contributed by atoms with Crippen LogP contribution in [-0.4, -0.2) is 28.1 Å². The van der Waals surface area contributed by atoms with Crippen molar-refractivity contribution in [1.82, 2.24) is 10.3 Å². The third-order valence-electron chi connectivity index (χ3n) is 3.79. The van der Waals surface area contributed by atoms with Crippen LogP contribution in [0.1, 0.15) is 48.2 Å². The van der Waals surface area contributed by atoms with Crippen LogP contribution in [0.5, 0.6) is 0 Å². The summed E-state index contributed by atoms with van der Waals surface area (Å²) in [5.74, 6) is -0.205. The molecule has 0 aromatic carbocycles. The number of nitrogens with zero attached hydrogens (tertiary/aromatic N) is 1. The van der Waals surface area contributed by atoms with E-state index in [0.29, 0.717) is 16.3 Å². The Balaban J connectivity index is 2.17. The summed E-state index contributed by atoms with van der Waals surface area (Å²) >= 11 is 5.88. The van der Waals surface area contributed by atoms with E-state index in [4.69, 9.17) is 11.6 Å². The first kappa shape index (κ1) is 14.3. The van der Waals surface area contributed by atoms with Gasteiger partial charge in [0.2, 0.25) is 0 Å². The fourth-order valence-corrected chi connectivity index (χ4v) is 2.75. The van der Waals surface area contributed by atoms with E-state index in [1.165, 1.54) is 6.20 Å². The molecule has 4 nitrogen and oxygen atoms in total. The normalized spacial score (nSPS) is 18.1. The van der Waals surface area contributed by atoms with Gasteiger partial charge in [0.05, 0.1) is 28.4 Å². The van der Waals surface area contributed by atoms with Gasteiger partial charge in [0.1, 0.15) is 0 Å². The lowest BCUT2D eigenvalue weighted by Crippen LogP contribution is -2.52. The van der Waals surface area contributed by atoms with E-state index >= 15 is 0 Å². The summed E-state index contributed by atoms with van der Waals surface area (Å²) in [5.41, 5.74) is 0.640. The highest BCUT2D eigenvalue weighted by molar-refractivity contribution is 6.30. The standard InChI is InChI=1S/C14H19ClN2O2/c1-10-12(7-11(15)8-16-10)13(19)17-14(9-18)5-3-2-4-6-14/h7-8,18H,2-6,9H2,1H3,(H,17,19). The monoisotopic (exact) mass is 282 g/mol. The minimum Gasteiger partial charge on any atom is -0.394 e. The molecular formula is C14H19ClN2O2. The fourth-order valence-electron chi connectivity index (χ4n) is 2.60. The number of halogens is 1. The minimum atomic E-state index is -0.482. The van der Waals surface area contributed by atoms with Gasteiger partial charge in [-0.1, -0.05) is 30.9 Å². The zero-order chi connectivity index (χ0) is 13.9. The fraction of sp³-hybridized carbons (Fsp3) is 0.571. The summed E-state index contributed by atoms with van der Waals surface area (Å²) in [5, 5.41) is 13.0. The molecule has 0 bridgehead atoms. The van der Waals surface area contributed by atoms with Gasteiger partial charge in [0, 0.05) is 6.20 Å². The summed E-state index contributed by atoms with van der Waals surface area (Å²) in [6.07, 6.45) is 6.40. The molecule has 19 heavy (non-hydrogen) atoms. The van der Waals surface area contributed by atoms with Crippen molar-refractivity contribution in [2.75, 3.05) is 6.61 Å². The first-order valence-corrected chi connectivity index (χ1v) is 7.00. The number of nitrogens with one attached hydrogen (secondary N) is 1. The smallest absolute Gasteiger partial charge is 0.253 e. The SMILES string of the molecule is Cc1ncc(Cl)cc1C(=O)NC1(CO)CCCCC1. The second-order valence-corrected chi connectivity index (χ2v) is 5.68. The number of aromatic nitrogens is 1. The van der Waals surface area contributed by atoms with Crippen molar-refractivity contribution in [3.8, 4) is 0 Å². The highest BCUT2D eigenvalue weighted by atomic mass is 35.5. The Morgan fingerprint density at radius 2 is 2.16 bits per heavy atom. The molecule has 0 radical (unpaired) electrons. The zero-order valence-electron chi connectivity index (χ0n) is 11.1. The van der Waals surface area contributed by atoms with Crippen LogP contribution in [0.25, 0.3) is 0 Å². The molecule has 1 aromatic rings. The molecule has 1 aromatic heterocycles. The molecule has 5 heteroatoms. The molecule has 1 fully saturated rings. The van der Waals surface area contributed by atoms with Crippen LogP contribution < -0.4 is 5.32 Å². The molecule has 0 saturated heterocycles. The Hall–Kier alpha value is -1.13. The van der Waals surface area contributed by atoms with E-state index in [9.17, 15) is 9.90 Å². The number of rotatable bonds is 3. The number of amides is 1. The molecular weight excluding hydrogens is 264 g/mol. The predicted octanol–water partition coefficient (Wildman–Crippen LogP) is 2.47. The van der Waals surface area contributed by atoms with Crippen molar-refractivity contribution in [3.63, 3.8) is 0 Å². The van der Waals surface area contributed by atoms with Crippen LogP contribution in [0.15, 0.2) is 12.3 Å². The quantitative estimate of drug-likeness (QED) is 0.895. The van der Waals surface area contributed by atoms with Gasteiger partial charge in [0.15, 0.2) is 0 Å². The highest BCUT2D eigenvalue weighted by Gasteiger charge is 2.33. The molecule has 1 heterocycles. The zero-order valence-corrected chi connectivity index (χ0v) is 11.8. The van der Waals surface area contributed by atoms with E-state index < -0.39 is 5.54 Å². The van der Waals surface area contributed by atoms with Crippen molar-refractivity contribution in [1.29, 1.82) is 0 Å². The summed E-state index contributed by atoms with van der Waals surface area (Å²) in [4.78, 5) is 16.4. The molecule has 1 aliphatic rings. The van der Waals surface area contributed by atoms with Crippen LogP contribution in [-0.2, 0) is 0 Å². The molecule has 1 amide bonds. The van der Waals surface area contributed by atoms with E-state index in [1.807, 2.05) is 0 Å². The lowest BCUT2D eigenvalue weighted by Gasteiger charge is -2.36. The van der Waals surface area contributed by atoms with Gasteiger partial charge in [0.25, 0.3) is 5.91 Å². The van der Waals surface area contributed by atoms with Crippen molar-refractivity contribution in [2.24, 2.45) is 0 Å². The van der Waals surface area contributed by atoms with Crippen LogP contribution in [0.4, 0.5) is 0 Å². The Kier molecular flexibility index (Phi) is 4.42. The van der Waals surface area contributed by atoms with Gasteiger partial charge in [-0.3, -0.25) is 9.78 Å². The number of hydrogen-bond acceptors (Lipinski definition) is 3. The Bertz CT molecular complexity index is 471. The molecule has 0 spiro atoms. The predicted molar refractivity (Wildman–Crippen MR) is 74.4 cm³/mol. The third-order valence-corrected chi connectivity index (χ3v) is 4.00. The van der Waals surface area contributed by atoms with Gasteiger partial charge in [-0.25, -0.2) is 0 Å². The first-order chi connectivity index (χ1) is 9.06. The van der Waals surface area contributed by atoms with Crippen molar-refractivity contribution >= 4 is 17.5 Å². The number of aliphatic hydroxyl groups is 1. The van der Waals surface area contributed by atoms with E-state index in [-0.39, 0.29) is 12.5 Å². The van der Waals surface area contributed by atoms with Gasteiger partial charge < -0.3 is 10.4 Å². The van der Waals surface area contributed by atoms with Gasteiger partial charge in [-0.2, -0.15) is 0 Å². The summed E-state index contributed by atoms with van der Waals surface area (Å²) in [6.45, 7) is 1.75. The number of carbonyl (C=O) groups is 1. The maximum Gasteiger partial charge on any atom is 0.253 e. The average Bonchev–Trinajstić information content (AvgIpc) is 2.42. The number of aliphatic hydroxyl groups excluding tert-OH is 1. The van der Waals surface area contributed by atoms with E-state index in [1.54, 1.807) is 13.0 Å². The molecule has 2 N–H and O–H groups in total. The lowest BCUT2D eigenvalue weighted by molar-refractivity contribution is 0.0757. The van der Waals surface area contributed by atoms with Crippen molar-refractivity contribution in [3.05, 3.63) is 28.5 Å². The van der Waals surface area contributed by atoms with Gasteiger partial charge in [-0.15, -0.1) is 0 Å². The summed E-state index contributed by atoms with van der Waals surface area (Å²) < 4.78 is 0. The summed E-state index contributed by atoms with van der Waals surface area (Å²) in [6, 6.07) is 1.62. The van der Waals surface area contributed by atoms with E-state index in [2.05, 4.69) is 10.3 Å². The molecule has 1 saturated carbocycles. The first-order valence-electron chi connectivity index (χ1n) is 6.62. The van der Waals surface area contributed by atoms with Gasteiger partial charge >= 0.3 is 0 Å². The number of hydrogen-bond donors (Lipinski definition) is 2. The highest BCUT2D eigenvalue weighted by Crippen LogP contribution is 2.28. The molecule has 0 aliphatic heterocycles. The third kappa shape index (κ3) is 3.25. The maximum atomic E-state index is 12.3. The topological polar surface area (TPSA) is 62.2 Å². The molecule has 2 rings (SSSR count). The molecule has 104 valence electrons. The molecule has 0 atom stereocenters.